The second-order valence-corrected chi connectivity index (χ2v) is 4.84. The number of likely N-dealkylation sites (N-methyl/N-ethyl adjacent to an activating group) is 1. The number of anilines is 1. The maximum Gasteiger partial charge on any atom is 0.0639 e. The van der Waals surface area contributed by atoms with Crippen molar-refractivity contribution in [3.8, 4) is 0 Å². The number of hydrogen-bond acceptors (Lipinski definition) is 2. The van der Waals surface area contributed by atoms with Gasteiger partial charge in [0.2, 0.25) is 0 Å². The van der Waals surface area contributed by atoms with Gasteiger partial charge in [-0.2, -0.15) is 0 Å². The van der Waals surface area contributed by atoms with Gasteiger partial charge in [0.05, 0.1) is 10.7 Å². The van der Waals surface area contributed by atoms with Crippen molar-refractivity contribution in [3.05, 3.63) is 29.3 Å². The summed E-state index contributed by atoms with van der Waals surface area (Å²) in [5.41, 5.74) is 1.37. The molecule has 0 aromatic heterocycles. The van der Waals surface area contributed by atoms with Crippen LogP contribution in [0.2, 0.25) is 5.02 Å². The van der Waals surface area contributed by atoms with Crippen molar-refractivity contribution in [2.24, 2.45) is 0 Å². The van der Waals surface area contributed by atoms with Crippen LogP contribution in [-0.4, -0.2) is 25.7 Å². The van der Waals surface area contributed by atoms with E-state index in [-0.39, 0.29) is 5.54 Å². The van der Waals surface area contributed by atoms with Gasteiger partial charge in [0.1, 0.15) is 0 Å². The van der Waals surface area contributed by atoms with Gasteiger partial charge in [0, 0.05) is 18.6 Å². The second-order valence-electron chi connectivity index (χ2n) is 4.43. The van der Waals surface area contributed by atoms with E-state index in [1.165, 1.54) is 0 Å². The quantitative estimate of drug-likeness (QED) is 0.831. The molecule has 1 aliphatic heterocycles. The van der Waals surface area contributed by atoms with Gasteiger partial charge in [0.15, 0.2) is 0 Å². The van der Waals surface area contributed by atoms with Crippen LogP contribution < -0.4 is 10.2 Å². The lowest BCUT2D eigenvalue weighted by Crippen LogP contribution is -2.42. The molecule has 1 aromatic carbocycles. The molecule has 3 heteroatoms. The maximum atomic E-state index is 6.18. The Morgan fingerprint density at radius 2 is 2.13 bits per heavy atom. The number of rotatable bonds is 2. The molecule has 15 heavy (non-hydrogen) atoms. The van der Waals surface area contributed by atoms with E-state index in [1.54, 1.807) is 0 Å². The Bertz CT molecular complexity index is 353. The van der Waals surface area contributed by atoms with E-state index in [2.05, 4.69) is 23.2 Å². The molecule has 2 nitrogen and oxygen atoms in total. The lowest BCUT2D eigenvalue weighted by atomic mass is 10.0. The third-order valence-corrected chi connectivity index (χ3v) is 3.59. The van der Waals surface area contributed by atoms with Crippen molar-refractivity contribution in [2.75, 3.05) is 25.0 Å². The largest absolute Gasteiger partial charge is 0.368 e. The molecular weight excluding hydrogens is 208 g/mol. The molecule has 0 radical (unpaired) electrons. The van der Waals surface area contributed by atoms with Crippen molar-refractivity contribution < 1.29 is 0 Å². The van der Waals surface area contributed by atoms with Gasteiger partial charge in [-0.3, -0.25) is 0 Å². The Balaban J connectivity index is 2.18. The molecule has 0 saturated carbocycles. The predicted octanol–water partition coefficient (Wildman–Crippen LogP) is 2.53. The zero-order valence-electron chi connectivity index (χ0n) is 9.26. The van der Waals surface area contributed by atoms with E-state index >= 15 is 0 Å². The topological polar surface area (TPSA) is 15.3 Å². The Hall–Kier alpha value is -0.730. The number of nitrogens with zero attached hydrogens (tertiary/aromatic N) is 1. The van der Waals surface area contributed by atoms with Crippen LogP contribution in [0.1, 0.15) is 13.3 Å². The lowest BCUT2D eigenvalue weighted by molar-refractivity contribution is 0.428. The molecule has 0 spiro atoms. The van der Waals surface area contributed by atoms with Crippen LogP contribution in [0.25, 0.3) is 0 Å². The Morgan fingerprint density at radius 1 is 1.40 bits per heavy atom. The van der Waals surface area contributed by atoms with E-state index in [0.29, 0.717) is 0 Å². The number of hydrogen-bond donors (Lipinski definition) is 1. The van der Waals surface area contributed by atoms with Crippen molar-refractivity contribution in [3.63, 3.8) is 0 Å². The van der Waals surface area contributed by atoms with Crippen molar-refractivity contribution in [1.82, 2.24) is 5.32 Å². The highest BCUT2D eigenvalue weighted by Crippen LogP contribution is 2.31. The molecule has 82 valence electrons. The highest BCUT2D eigenvalue weighted by Gasteiger charge is 2.32. The first-order chi connectivity index (χ1) is 7.14. The standard InChI is InChI=1S/C12H17ClN2/c1-12(14-2)7-8-15(9-12)11-6-4-3-5-10(11)13/h3-6,14H,7-9H2,1-2H3. The average molecular weight is 225 g/mol. The van der Waals surface area contributed by atoms with E-state index in [4.69, 9.17) is 11.6 Å². The summed E-state index contributed by atoms with van der Waals surface area (Å²) in [5.74, 6) is 0. The summed E-state index contributed by atoms with van der Waals surface area (Å²) in [6, 6.07) is 8.05. The third kappa shape index (κ3) is 2.11. The zero-order chi connectivity index (χ0) is 10.9. The van der Waals surface area contributed by atoms with E-state index in [1.807, 2.05) is 25.2 Å². The fraction of sp³-hybridized carbons (Fsp3) is 0.500. The molecule has 1 atom stereocenters. The summed E-state index contributed by atoms with van der Waals surface area (Å²) in [6.07, 6.45) is 1.16. The van der Waals surface area contributed by atoms with Crippen LogP contribution in [-0.2, 0) is 0 Å². The fourth-order valence-corrected chi connectivity index (χ4v) is 2.33. The fourth-order valence-electron chi connectivity index (χ4n) is 2.08. The normalized spacial score (nSPS) is 25.9. The molecule has 2 rings (SSSR count). The number of para-hydroxylation sites is 1. The van der Waals surface area contributed by atoms with Crippen LogP contribution in [0, 0.1) is 0 Å². The molecule has 1 heterocycles. The highest BCUT2D eigenvalue weighted by atomic mass is 35.5. The molecular formula is C12H17ClN2. The molecule has 0 amide bonds. The van der Waals surface area contributed by atoms with Gasteiger partial charge in [-0.25, -0.2) is 0 Å². The first-order valence-corrected chi connectivity index (χ1v) is 5.71. The van der Waals surface area contributed by atoms with Crippen molar-refractivity contribution in [1.29, 1.82) is 0 Å². The van der Waals surface area contributed by atoms with Crippen molar-refractivity contribution >= 4 is 17.3 Å². The minimum absolute atomic E-state index is 0.221. The Morgan fingerprint density at radius 3 is 2.73 bits per heavy atom. The summed E-state index contributed by atoms with van der Waals surface area (Å²) in [6.45, 7) is 4.35. The number of nitrogens with one attached hydrogen (secondary N) is 1. The summed E-state index contributed by atoms with van der Waals surface area (Å²) in [4.78, 5) is 2.35. The van der Waals surface area contributed by atoms with Crippen LogP contribution in [0.4, 0.5) is 5.69 Å². The smallest absolute Gasteiger partial charge is 0.0639 e. The molecule has 1 unspecified atom stereocenters. The minimum Gasteiger partial charge on any atom is -0.368 e. The number of halogens is 1. The summed E-state index contributed by atoms with van der Waals surface area (Å²) in [5, 5.41) is 4.22. The van der Waals surface area contributed by atoms with Crippen LogP contribution in [0.3, 0.4) is 0 Å². The van der Waals surface area contributed by atoms with E-state index < -0.39 is 0 Å². The third-order valence-electron chi connectivity index (χ3n) is 3.27. The molecule has 1 aliphatic rings. The summed E-state index contributed by atoms with van der Waals surface area (Å²) >= 11 is 6.18. The lowest BCUT2D eigenvalue weighted by Gasteiger charge is -2.25. The maximum absolute atomic E-state index is 6.18. The van der Waals surface area contributed by atoms with Crippen LogP contribution >= 0.6 is 11.6 Å². The minimum atomic E-state index is 0.221. The molecule has 1 N–H and O–H groups in total. The highest BCUT2D eigenvalue weighted by molar-refractivity contribution is 6.33. The second kappa shape index (κ2) is 4.03. The Labute approximate surface area is 96.2 Å². The summed E-state index contributed by atoms with van der Waals surface area (Å²) < 4.78 is 0. The van der Waals surface area contributed by atoms with Gasteiger partial charge >= 0.3 is 0 Å². The van der Waals surface area contributed by atoms with Gasteiger partial charge in [-0.1, -0.05) is 23.7 Å². The first kappa shape index (κ1) is 10.8. The first-order valence-electron chi connectivity index (χ1n) is 5.33. The molecule has 1 saturated heterocycles. The van der Waals surface area contributed by atoms with E-state index in [0.717, 1.165) is 30.2 Å². The predicted molar refractivity (Wildman–Crippen MR) is 65.7 cm³/mol. The van der Waals surface area contributed by atoms with Gasteiger partial charge in [-0.15, -0.1) is 0 Å². The molecule has 0 bridgehead atoms. The molecule has 0 aliphatic carbocycles. The van der Waals surface area contributed by atoms with Crippen LogP contribution in [0.5, 0.6) is 0 Å². The van der Waals surface area contributed by atoms with Crippen LogP contribution in [0.15, 0.2) is 24.3 Å². The van der Waals surface area contributed by atoms with Crippen molar-refractivity contribution in [2.45, 2.75) is 18.9 Å². The van der Waals surface area contributed by atoms with Gasteiger partial charge in [0.25, 0.3) is 0 Å². The van der Waals surface area contributed by atoms with Gasteiger partial charge < -0.3 is 10.2 Å². The van der Waals surface area contributed by atoms with Gasteiger partial charge in [-0.05, 0) is 32.5 Å². The van der Waals surface area contributed by atoms with E-state index in [9.17, 15) is 0 Å². The monoisotopic (exact) mass is 224 g/mol. The Kier molecular flexibility index (Phi) is 2.89. The SMILES string of the molecule is CNC1(C)CCN(c2ccccc2Cl)C1. The molecule has 1 aromatic rings. The summed E-state index contributed by atoms with van der Waals surface area (Å²) in [7, 11) is 2.02. The molecule has 1 fully saturated rings. The number of benzene rings is 1. The zero-order valence-corrected chi connectivity index (χ0v) is 10.0. The average Bonchev–Trinajstić information content (AvgIpc) is 2.63.